The lowest BCUT2D eigenvalue weighted by atomic mass is 9.96. The van der Waals surface area contributed by atoms with Crippen LogP contribution in [0.15, 0.2) is 42.5 Å². The number of hydrogen-bond donors (Lipinski definition) is 1. The number of halogens is 2. The molecule has 3 aromatic rings. The lowest BCUT2D eigenvalue weighted by Crippen LogP contribution is -2.23. The number of pyridine rings is 1. The van der Waals surface area contributed by atoms with E-state index < -0.39 is 5.97 Å². The molecule has 2 heterocycles. The first-order valence-corrected chi connectivity index (χ1v) is 9.19. The van der Waals surface area contributed by atoms with E-state index in [-0.39, 0.29) is 5.69 Å². The van der Waals surface area contributed by atoms with E-state index in [9.17, 15) is 9.90 Å². The quantitative estimate of drug-likeness (QED) is 0.644. The van der Waals surface area contributed by atoms with E-state index in [1.54, 1.807) is 6.07 Å². The van der Waals surface area contributed by atoms with Crippen molar-refractivity contribution in [2.75, 3.05) is 18.0 Å². The van der Waals surface area contributed by atoms with Crippen molar-refractivity contribution in [1.82, 2.24) is 4.98 Å². The van der Waals surface area contributed by atoms with Crippen LogP contribution in [0.25, 0.3) is 22.0 Å². The van der Waals surface area contributed by atoms with Gasteiger partial charge in [0.2, 0.25) is 0 Å². The van der Waals surface area contributed by atoms with Crippen molar-refractivity contribution < 1.29 is 9.90 Å². The fourth-order valence-electron chi connectivity index (χ4n) is 3.58. The van der Waals surface area contributed by atoms with Crippen LogP contribution in [-0.4, -0.2) is 29.1 Å². The van der Waals surface area contributed by atoms with Crippen LogP contribution in [0.4, 0.5) is 5.69 Å². The van der Waals surface area contributed by atoms with Gasteiger partial charge in [0.1, 0.15) is 0 Å². The number of anilines is 1. The molecular formula is C20H16Cl2N2O2. The van der Waals surface area contributed by atoms with Crippen molar-refractivity contribution in [2.45, 2.75) is 12.8 Å². The van der Waals surface area contributed by atoms with E-state index in [1.165, 1.54) is 0 Å². The van der Waals surface area contributed by atoms with Gasteiger partial charge in [-0.15, -0.1) is 0 Å². The van der Waals surface area contributed by atoms with Crippen molar-refractivity contribution >= 4 is 45.8 Å². The van der Waals surface area contributed by atoms with E-state index >= 15 is 0 Å². The molecule has 26 heavy (non-hydrogen) atoms. The molecule has 4 nitrogen and oxygen atoms in total. The molecule has 1 aliphatic rings. The number of hydrogen-bond acceptors (Lipinski definition) is 3. The van der Waals surface area contributed by atoms with Gasteiger partial charge in [0, 0.05) is 34.6 Å². The second-order valence-electron chi connectivity index (χ2n) is 6.30. The molecule has 0 atom stereocenters. The van der Waals surface area contributed by atoms with Crippen molar-refractivity contribution in [1.29, 1.82) is 0 Å². The van der Waals surface area contributed by atoms with Gasteiger partial charge in [-0.05, 0) is 25.0 Å². The maximum atomic E-state index is 12.0. The molecule has 132 valence electrons. The van der Waals surface area contributed by atoms with Gasteiger partial charge in [-0.2, -0.15) is 0 Å². The molecule has 1 aliphatic heterocycles. The molecular weight excluding hydrogens is 371 g/mol. The van der Waals surface area contributed by atoms with E-state index in [0.29, 0.717) is 21.2 Å². The highest BCUT2D eigenvalue weighted by atomic mass is 35.5. The highest BCUT2D eigenvalue weighted by Crippen LogP contribution is 2.44. The Morgan fingerprint density at radius 3 is 2.38 bits per heavy atom. The minimum atomic E-state index is -1.07. The van der Waals surface area contributed by atoms with Crippen molar-refractivity contribution in [3.05, 3.63) is 58.2 Å². The van der Waals surface area contributed by atoms with Crippen molar-refractivity contribution in [3.8, 4) is 11.1 Å². The summed E-state index contributed by atoms with van der Waals surface area (Å²) in [5.41, 5.74) is 2.68. The zero-order valence-electron chi connectivity index (χ0n) is 13.9. The molecule has 0 aliphatic carbocycles. The number of fused-ring (bicyclic) bond motifs is 1. The average molecular weight is 387 g/mol. The normalized spacial score (nSPS) is 14.2. The van der Waals surface area contributed by atoms with Gasteiger partial charge in [0.05, 0.1) is 16.2 Å². The van der Waals surface area contributed by atoms with Gasteiger partial charge in [0.25, 0.3) is 0 Å². The van der Waals surface area contributed by atoms with E-state index in [4.69, 9.17) is 23.2 Å². The smallest absolute Gasteiger partial charge is 0.356 e. The Balaban J connectivity index is 2.18. The minimum absolute atomic E-state index is 0.0161. The van der Waals surface area contributed by atoms with Crippen LogP contribution in [-0.2, 0) is 0 Å². The molecule has 4 rings (SSSR count). The summed E-state index contributed by atoms with van der Waals surface area (Å²) in [5.74, 6) is -1.07. The number of carboxylic acids is 1. The van der Waals surface area contributed by atoms with Crippen LogP contribution in [0.5, 0.6) is 0 Å². The third kappa shape index (κ3) is 2.79. The summed E-state index contributed by atoms with van der Waals surface area (Å²) < 4.78 is 0. The molecule has 0 bridgehead atoms. The van der Waals surface area contributed by atoms with Crippen LogP contribution in [0.1, 0.15) is 23.3 Å². The van der Waals surface area contributed by atoms with Crippen LogP contribution in [0, 0.1) is 0 Å². The lowest BCUT2D eigenvalue weighted by molar-refractivity contribution is 0.0691. The summed E-state index contributed by atoms with van der Waals surface area (Å²) in [7, 11) is 0. The number of nitrogens with zero attached hydrogens (tertiary/aromatic N) is 2. The molecule has 1 saturated heterocycles. The Bertz CT molecular complexity index is 1010. The van der Waals surface area contributed by atoms with Crippen LogP contribution < -0.4 is 4.90 Å². The number of aromatic nitrogens is 1. The van der Waals surface area contributed by atoms with Crippen molar-refractivity contribution in [3.63, 3.8) is 0 Å². The third-order valence-electron chi connectivity index (χ3n) is 4.71. The minimum Gasteiger partial charge on any atom is -0.476 e. The number of carboxylic acid groups (broad SMARTS) is 1. The highest BCUT2D eigenvalue weighted by Gasteiger charge is 2.28. The maximum absolute atomic E-state index is 12.0. The number of para-hydroxylation sites is 1. The second kappa shape index (κ2) is 6.78. The Hall–Kier alpha value is -2.30. The van der Waals surface area contributed by atoms with Gasteiger partial charge in [-0.1, -0.05) is 53.5 Å². The number of carbonyl (C=O) groups is 1. The van der Waals surface area contributed by atoms with E-state index in [0.717, 1.165) is 42.4 Å². The van der Waals surface area contributed by atoms with Crippen LogP contribution in [0.2, 0.25) is 10.0 Å². The topological polar surface area (TPSA) is 53.4 Å². The molecule has 1 fully saturated rings. The number of benzene rings is 2. The molecule has 2 aromatic carbocycles. The molecule has 1 aromatic heterocycles. The van der Waals surface area contributed by atoms with Gasteiger partial charge in [0.15, 0.2) is 5.69 Å². The SMILES string of the molecule is O=C(O)c1nc2c(Cl)cccc2c(-c2ccccc2Cl)c1N1CCCC1. The zero-order valence-corrected chi connectivity index (χ0v) is 15.4. The third-order valence-corrected chi connectivity index (χ3v) is 5.34. The molecule has 6 heteroatoms. The van der Waals surface area contributed by atoms with Crippen LogP contribution in [0.3, 0.4) is 0 Å². The predicted molar refractivity (Wildman–Crippen MR) is 106 cm³/mol. The van der Waals surface area contributed by atoms with Crippen molar-refractivity contribution in [2.24, 2.45) is 0 Å². The Morgan fingerprint density at radius 1 is 1.00 bits per heavy atom. The second-order valence-corrected chi connectivity index (χ2v) is 7.11. The number of aromatic carboxylic acids is 1. The standard InChI is InChI=1S/C20H16Cl2N2O2/c21-14-8-2-1-6-12(14)16-13-7-5-9-15(22)17(13)23-18(20(25)26)19(16)24-10-3-4-11-24/h1-2,5-9H,3-4,10-11H2,(H,25,26). The highest BCUT2D eigenvalue weighted by molar-refractivity contribution is 6.37. The first-order valence-electron chi connectivity index (χ1n) is 8.43. The average Bonchev–Trinajstić information content (AvgIpc) is 3.15. The molecule has 1 N–H and O–H groups in total. The van der Waals surface area contributed by atoms with E-state index in [2.05, 4.69) is 9.88 Å². The summed E-state index contributed by atoms with van der Waals surface area (Å²) in [5, 5.41) is 11.6. The Labute approximate surface area is 161 Å². The fourth-order valence-corrected chi connectivity index (χ4v) is 4.02. The van der Waals surface area contributed by atoms with Gasteiger partial charge < -0.3 is 10.0 Å². The largest absolute Gasteiger partial charge is 0.476 e. The summed E-state index contributed by atoms with van der Waals surface area (Å²) in [6.07, 6.45) is 2.04. The summed E-state index contributed by atoms with van der Waals surface area (Å²) in [6.45, 7) is 1.59. The predicted octanol–water partition coefficient (Wildman–Crippen LogP) is 5.51. The van der Waals surface area contributed by atoms with Gasteiger partial charge >= 0.3 is 5.97 Å². The lowest BCUT2D eigenvalue weighted by Gasteiger charge is -2.25. The summed E-state index contributed by atoms with van der Waals surface area (Å²) in [4.78, 5) is 18.5. The van der Waals surface area contributed by atoms with E-state index in [1.807, 2.05) is 36.4 Å². The summed E-state index contributed by atoms with van der Waals surface area (Å²) in [6, 6.07) is 12.9. The van der Waals surface area contributed by atoms with Gasteiger partial charge in [-0.3, -0.25) is 0 Å². The monoisotopic (exact) mass is 386 g/mol. The molecule has 0 radical (unpaired) electrons. The first kappa shape index (κ1) is 17.1. The Morgan fingerprint density at radius 2 is 1.69 bits per heavy atom. The Kier molecular flexibility index (Phi) is 4.47. The molecule has 0 unspecified atom stereocenters. The van der Waals surface area contributed by atoms with Crippen LogP contribution >= 0.6 is 23.2 Å². The number of rotatable bonds is 3. The van der Waals surface area contributed by atoms with Gasteiger partial charge in [-0.25, -0.2) is 9.78 Å². The summed E-state index contributed by atoms with van der Waals surface area (Å²) >= 11 is 12.8. The first-order chi connectivity index (χ1) is 12.6. The fraction of sp³-hybridized carbons (Fsp3) is 0.200. The zero-order chi connectivity index (χ0) is 18.3. The molecule has 0 amide bonds. The molecule has 0 spiro atoms. The molecule has 0 saturated carbocycles. The maximum Gasteiger partial charge on any atom is 0.356 e.